The molecule has 2 aromatic rings. The van der Waals surface area contributed by atoms with Crippen molar-refractivity contribution in [1.29, 1.82) is 0 Å². The van der Waals surface area contributed by atoms with Crippen LogP contribution in [0, 0.1) is 5.92 Å². The van der Waals surface area contributed by atoms with E-state index in [1.54, 1.807) is 4.90 Å². The first-order chi connectivity index (χ1) is 15.6. The van der Waals surface area contributed by atoms with Crippen LogP contribution in [-0.4, -0.2) is 85.0 Å². The number of benzene rings is 1. The number of aromatic nitrogens is 3. The van der Waals surface area contributed by atoms with E-state index in [9.17, 15) is 15.0 Å². The van der Waals surface area contributed by atoms with Gasteiger partial charge < -0.3 is 24.7 Å². The Bertz CT molecular complexity index is 979. The smallest absolute Gasteiger partial charge is 0.407 e. The third-order valence-electron chi connectivity index (χ3n) is 6.47. The normalized spacial score (nSPS) is 19.1. The van der Waals surface area contributed by atoms with E-state index in [1.807, 2.05) is 37.6 Å². The minimum absolute atomic E-state index is 0.00292. The number of hydrogen-bond donors (Lipinski definition) is 2. The Hall–Kier alpha value is -1.91. The number of amides is 1. The number of carbonyl (C=O) groups is 1. The van der Waals surface area contributed by atoms with Crippen LogP contribution >= 0.6 is 15.9 Å². The molecule has 10 heteroatoms. The van der Waals surface area contributed by atoms with Crippen molar-refractivity contribution in [2.75, 3.05) is 26.2 Å². The van der Waals surface area contributed by atoms with Gasteiger partial charge in [-0.2, -0.15) is 0 Å². The van der Waals surface area contributed by atoms with Gasteiger partial charge in [0, 0.05) is 37.8 Å². The number of aliphatic hydroxyl groups excluding tert-OH is 1. The van der Waals surface area contributed by atoms with Gasteiger partial charge in [0.15, 0.2) is 0 Å². The molecule has 4 rings (SSSR count). The molecule has 2 aliphatic rings. The average molecular weight is 524 g/mol. The molecule has 33 heavy (non-hydrogen) atoms. The zero-order valence-electron chi connectivity index (χ0n) is 19.6. The molecule has 1 aromatic carbocycles. The predicted octanol–water partition coefficient (Wildman–Crippen LogP) is 3.59. The van der Waals surface area contributed by atoms with Crippen LogP contribution in [0.5, 0.6) is 5.75 Å². The molecule has 1 aliphatic heterocycles. The van der Waals surface area contributed by atoms with Gasteiger partial charge >= 0.3 is 6.09 Å². The van der Waals surface area contributed by atoms with Gasteiger partial charge in [-0.05, 0) is 80.4 Å². The zero-order valence-corrected chi connectivity index (χ0v) is 21.2. The van der Waals surface area contributed by atoms with E-state index < -0.39 is 17.7 Å². The Labute approximate surface area is 202 Å². The Morgan fingerprint density at radius 3 is 2.58 bits per heavy atom. The predicted molar refractivity (Wildman–Crippen MR) is 129 cm³/mol. The summed E-state index contributed by atoms with van der Waals surface area (Å²) in [5.74, 6) is 1.35. The maximum atomic E-state index is 11.7. The lowest BCUT2D eigenvalue weighted by Crippen LogP contribution is -2.55. The van der Waals surface area contributed by atoms with Crippen molar-refractivity contribution in [2.45, 2.75) is 70.7 Å². The number of likely N-dealkylation sites (tertiary alicyclic amines) is 1. The average Bonchev–Trinajstić information content (AvgIpc) is 3.46. The number of rotatable bonds is 8. The molecule has 1 atom stereocenters. The van der Waals surface area contributed by atoms with Crippen molar-refractivity contribution < 1.29 is 19.7 Å². The summed E-state index contributed by atoms with van der Waals surface area (Å²) in [6.45, 7) is 8.85. The number of ether oxygens (including phenoxy) is 1. The number of fused-ring (bicyclic) bond motifs is 1. The number of hydrogen-bond acceptors (Lipinski definition) is 6. The third-order valence-corrected chi connectivity index (χ3v) is 7.24. The molecule has 0 bridgehead atoms. The van der Waals surface area contributed by atoms with E-state index >= 15 is 0 Å². The summed E-state index contributed by atoms with van der Waals surface area (Å²) >= 11 is 3.59. The van der Waals surface area contributed by atoms with E-state index in [1.165, 1.54) is 12.8 Å². The summed E-state index contributed by atoms with van der Waals surface area (Å²) in [6, 6.07) is 3.87. The third kappa shape index (κ3) is 5.78. The van der Waals surface area contributed by atoms with E-state index in [-0.39, 0.29) is 12.6 Å². The van der Waals surface area contributed by atoms with E-state index in [0.29, 0.717) is 18.2 Å². The molecular formula is C23H34BrN5O4. The molecule has 2 fully saturated rings. The second-order valence-corrected chi connectivity index (χ2v) is 11.1. The van der Waals surface area contributed by atoms with Gasteiger partial charge in [-0.3, -0.25) is 0 Å². The molecule has 2 N–H and O–H groups in total. The molecule has 0 radical (unpaired) electrons. The van der Waals surface area contributed by atoms with Crippen molar-refractivity contribution >= 4 is 33.1 Å². The fourth-order valence-corrected chi connectivity index (χ4v) is 5.19. The monoisotopic (exact) mass is 523 g/mol. The van der Waals surface area contributed by atoms with E-state index in [4.69, 9.17) is 4.74 Å². The van der Waals surface area contributed by atoms with Crippen LogP contribution < -0.4 is 4.74 Å². The number of piperidine rings is 1. The molecule has 1 amide bonds. The number of carboxylic acid groups (broad SMARTS) is 1. The van der Waals surface area contributed by atoms with Gasteiger partial charge in [0.05, 0.1) is 9.99 Å². The molecule has 1 unspecified atom stereocenters. The Morgan fingerprint density at radius 1 is 1.27 bits per heavy atom. The van der Waals surface area contributed by atoms with Crippen LogP contribution in [-0.2, 0) is 6.54 Å². The number of nitrogens with zero attached hydrogens (tertiary/aromatic N) is 5. The lowest BCUT2D eigenvalue weighted by molar-refractivity contribution is 0.0228. The van der Waals surface area contributed by atoms with Crippen LogP contribution in [0.4, 0.5) is 4.79 Å². The highest BCUT2D eigenvalue weighted by Crippen LogP contribution is 2.35. The molecule has 1 saturated carbocycles. The minimum Gasteiger partial charge on any atom is -0.490 e. The lowest BCUT2D eigenvalue weighted by atomic mass is 9.97. The first-order valence-corrected chi connectivity index (χ1v) is 12.5. The molecule has 1 aromatic heterocycles. The fraction of sp³-hybridized carbons (Fsp3) is 0.696. The highest BCUT2D eigenvalue weighted by atomic mass is 79.9. The SMILES string of the molecule is CC(C)(C)N(C(=O)O)C1CCN(CC(O)COc2ccc3c(nnn3CC3CC3)c2Br)CC1. The standard InChI is InChI=1S/C23H34BrN5O4/c1-23(2,3)29(22(31)32)16-8-10-27(11-9-16)13-17(30)14-33-19-7-6-18-21(20(19)24)25-26-28(18)12-15-4-5-15/h6-7,15-17,30H,4-5,8-14H2,1-3H3,(H,31,32). The van der Waals surface area contributed by atoms with Crippen molar-refractivity contribution in [1.82, 2.24) is 24.8 Å². The van der Waals surface area contributed by atoms with Crippen LogP contribution in [0.1, 0.15) is 46.5 Å². The van der Waals surface area contributed by atoms with Gasteiger partial charge in [0.1, 0.15) is 24.0 Å². The molecule has 1 saturated heterocycles. The summed E-state index contributed by atoms with van der Waals surface area (Å²) < 4.78 is 8.61. The second-order valence-electron chi connectivity index (χ2n) is 10.3. The molecule has 9 nitrogen and oxygen atoms in total. The Morgan fingerprint density at radius 2 is 1.97 bits per heavy atom. The number of β-amino-alcohol motifs (C(OH)–C–C–N with tert-alkyl or cyclic N) is 1. The summed E-state index contributed by atoms with van der Waals surface area (Å²) in [5, 5.41) is 28.8. The molecule has 1 aliphatic carbocycles. The van der Waals surface area contributed by atoms with Gasteiger partial charge in [0.25, 0.3) is 0 Å². The maximum Gasteiger partial charge on any atom is 0.407 e. The summed E-state index contributed by atoms with van der Waals surface area (Å²) in [6.07, 6.45) is 2.52. The highest BCUT2D eigenvalue weighted by Gasteiger charge is 2.35. The van der Waals surface area contributed by atoms with E-state index in [0.717, 1.165) is 48.0 Å². The quantitative estimate of drug-likeness (QED) is 0.544. The highest BCUT2D eigenvalue weighted by molar-refractivity contribution is 9.10. The molecule has 182 valence electrons. The first kappa shape index (κ1) is 24.2. The Balaban J connectivity index is 1.27. The summed E-state index contributed by atoms with van der Waals surface area (Å²) in [4.78, 5) is 15.5. The topological polar surface area (TPSA) is 104 Å². The summed E-state index contributed by atoms with van der Waals surface area (Å²) in [5.41, 5.74) is 1.32. The van der Waals surface area contributed by atoms with Crippen LogP contribution in [0.25, 0.3) is 11.0 Å². The van der Waals surface area contributed by atoms with Crippen molar-refractivity contribution in [3.63, 3.8) is 0 Å². The van der Waals surface area contributed by atoms with Crippen molar-refractivity contribution in [3.8, 4) is 5.75 Å². The van der Waals surface area contributed by atoms with E-state index in [2.05, 4.69) is 31.1 Å². The number of aliphatic hydroxyl groups is 1. The van der Waals surface area contributed by atoms with Gasteiger partial charge in [0.2, 0.25) is 0 Å². The van der Waals surface area contributed by atoms with Crippen molar-refractivity contribution in [2.24, 2.45) is 5.92 Å². The minimum atomic E-state index is -0.871. The Kier molecular flexibility index (Phi) is 7.16. The van der Waals surface area contributed by atoms with Gasteiger partial charge in [-0.25, -0.2) is 9.48 Å². The first-order valence-electron chi connectivity index (χ1n) is 11.7. The largest absolute Gasteiger partial charge is 0.490 e. The maximum absolute atomic E-state index is 11.7. The van der Waals surface area contributed by atoms with Crippen LogP contribution in [0.3, 0.4) is 0 Å². The lowest BCUT2D eigenvalue weighted by Gasteiger charge is -2.43. The molecule has 0 spiro atoms. The van der Waals surface area contributed by atoms with Gasteiger partial charge in [-0.15, -0.1) is 5.10 Å². The summed E-state index contributed by atoms with van der Waals surface area (Å²) in [7, 11) is 0. The fourth-order valence-electron chi connectivity index (χ4n) is 4.67. The van der Waals surface area contributed by atoms with Crippen LogP contribution in [0.2, 0.25) is 0 Å². The van der Waals surface area contributed by atoms with Crippen LogP contribution in [0.15, 0.2) is 16.6 Å². The second kappa shape index (κ2) is 9.76. The van der Waals surface area contributed by atoms with Gasteiger partial charge in [-0.1, -0.05) is 5.21 Å². The number of halogens is 1. The zero-order chi connectivity index (χ0) is 23.8. The molecule has 2 heterocycles. The molecular weight excluding hydrogens is 490 g/mol. The van der Waals surface area contributed by atoms with Crippen molar-refractivity contribution in [3.05, 3.63) is 16.6 Å².